The molecule has 0 saturated heterocycles. The highest BCUT2D eigenvalue weighted by Crippen LogP contribution is 2.44. The van der Waals surface area contributed by atoms with Crippen LogP contribution in [-0.4, -0.2) is 69.6 Å². The van der Waals surface area contributed by atoms with Gasteiger partial charge >= 0.3 is 0 Å². The maximum Gasteiger partial charge on any atom is 0.203 e. The van der Waals surface area contributed by atoms with E-state index in [1.807, 2.05) is 60.7 Å². The molecule has 0 unspecified atom stereocenters. The van der Waals surface area contributed by atoms with Crippen LogP contribution in [0.25, 0.3) is 33.9 Å². The van der Waals surface area contributed by atoms with Gasteiger partial charge in [0.1, 0.15) is 5.82 Å². The summed E-state index contributed by atoms with van der Waals surface area (Å²) in [5.74, 6) is 2.35. The SMILES string of the molecule is COc1cc(-c2nc(-c3ccc(Br)cc3)c(-c3ccc(Br)cc3)n2Cc2ccc(C(=O)CCCOCCOCCN)cc2)cc(OC)c1OC. The van der Waals surface area contributed by atoms with Gasteiger partial charge in [-0.15, -0.1) is 0 Å². The first-order chi connectivity index (χ1) is 24.4. The van der Waals surface area contributed by atoms with Crippen molar-refractivity contribution < 1.29 is 28.5 Å². The van der Waals surface area contributed by atoms with Gasteiger partial charge in [0.25, 0.3) is 0 Å². The zero-order valence-corrected chi connectivity index (χ0v) is 31.6. The number of aromatic nitrogens is 2. The lowest BCUT2D eigenvalue weighted by molar-refractivity contribution is 0.0489. The van der Waals surface area contributed by atoms with Gasteiger partial charge < -0.3 is 34.0 Å². The van der Waals surface area contributed by atoms with Crippen LogP contribution in [0.4, 0.5) is 0 Å². The third-order valence-corrected chi connectivity index (χ3v) is 9.13. The van der Waals surface area contributed by atoms with Crippen LogP contribution in [0.1, 0.15) is 28.8 Å². The molecule has 11 heteroatoms. The largest absolute Gasteiger partial charge is 0.493 e. The Kier molecular flexibility index (Phi) is 13.6. The molecule has 262 valence electrons. The second kappa shape index (κ2) is 18.3. The summed E-state index contributed by atoms with van der Waals surface area (Å²) >= 11 is 7.17. The van der Waals surface area contributed by atoms with Crippen LogP contribution in [0.2, 0.25) is 0 Å². The van der Waals surface area contributed by atoms with Crippen LogP contribution in [0.5, 0.6) is 17.2 Å². The Bertz CT molecular complexity index is 1830. The summed E-state index contributed by atoms with van der Waals surface area (Å²) in [6, 6.07) is 28.0. The highest BCUT2D eigenvalue weighted by atomic mass is 79.9. The van der Waals surface area contributed by atoms with Crippen molar-refractivity contribution in [1.29, 1.82) is 0 Å². The first-order valence-corrected chi connectivity index (χ1v) is 17.9. The summed E-state index contributed by atoms with van der Waals surface area (Å²) in [5, 5.41) is 0. The van der Waals surface area contributed by atoms with E-state index in [-0.39, 0.29) is 5.78 Å². The molecule has 5 rings (SSSR count). The number of imidazole rings is 1. The Hall–Kier alpha value is -4.00. The Morgan fingerprint density at radius 1 is 0.720 bits per heavy atom. The molecule has 5 aromatic rings. The highest BCUT2D eigenvalue weighted by molar-refractivity contribution is 9.10. The van der Waals surface area contributed by atoms with Gasteiger partial charge in [0.05, 0.1) is 52.5 Å². The Morgan fingerprint density at radius 2 is 1.30 bits per heavy atom. The molecule has 0 fully saturated rings. The van der Waals surface area contributed by atoms with Crippen LogP contribution in [0.3, 0.4) is 0 Å². The lowest BCUT2D eigenvalue weighted by Gasteiger charge is -2.17. The van der Waals surface area contributed by atoms with Crippen molar-refractivity contribution in [3.8, 4) is 51.2 Å². The maximum atomic E-state index is 13.0. The molecule has 0 aliphatic rings. The first-order valence-electron chi connectivity index (χ1n) is 16.3. The third kappa shape index (κ3) is 9.21. The number of carbonyl (C=O) groups excluding carboxylic acids is 1. The minimum atomic E-state index is 0.0772. The fraction of sp³-hybridized carbons (Fsp3) is 0.282. The van der Waals surface area contributed by atoms with Gasteiger partial charge in [-0.2, -0.15) is 0 Å². The third-order valence-electron chi connectivity index (χ3n) is 8.07. The van der Waals surface area contributed by atoms with E-state index in [0.717, 1.165) is 42.6 Å². The van der Waals surface area contributed by atoms with Crippen molar-refractivity contribution in [2.75, 3.05) is 54.3 Å². The van der Waals surface area contributed by atoms with E-state index in [1.165, 1.54) is 0 Å². The summed E-state index contributed by atoms with van der Waals surface area (Å²) in [5.41, 5.74) is 11.6. The molecule has 50 heavy (non-hydrogen) atoms. The molecule has 0 saturated carbocycles. The normalized spacial score (nSPS) is 11.1. The van der Waals surface area contributed by atoms with Crippen molar-refractivity contribution in [2.24, 2.45) is 5.73 Å². The lowest BCUT2D eigenvalue weighted by atomic mass is 10.0. The summed E-state index contributed by atoms with van der Waals surface area (Å²) in [6.07, 6.45) is 1.04. The molecule has 0 aliphatic heterocycles. The second-order valence-electron chi connectivity index (χ2n) is 11.4. The van der Waals surface area contributed by atoms with E-state index in [4.69, 9.17) is 34.4 Å². The van der Waals surface area contributed by atoms with E-state index < -0.39 is 0 Å². The molecule has 4 aromatic carbocycles. The quantitative estimate of drug-likeness (QED) is 0.0695. The van der Waals surface area contributed by atoms with Crippen molar-refractivity contribution in [1.82, 2.24) is 9.55 Å². The van der Waals surface area contributed by atoms with Crippen LogP contribution < -0.4 is 19.9 Å². The number of nitrogens with two attached hydrogens (primary N) is 1. The molecule has 0 amide bonds. The zero-order valence-electron chi connectivity index (χ0n) is 28.4. The molecule has 9 nitrogen and oxygen atoms in total. The number of benzene rings is 4. The fourth-order valence-corrected chi connectivity index (χ4v) is 6.14. The van der Waals surface area contributed by atoms with Gasteiger partial charge in [0, 0.05) is 57.3 Å². The van der Waals surface area contributed by atoms with E-state index in [2.05, 4.69) is 60.7 Å². The van der Waals surface area contributed by atoms with Gasteiger partial charge in [-0.25, -0.2) is 4.98 Å². The second-order valence-corrected chi connectivity index (χ2v) is 13.2. The van der Waals surface area contributed by atoms with E-state index in [1.54, 1.807) is 21.3 Å². The van der Waals surface area contributed by atoms with Crippen molar-refractivity contribution in [2.45, 2.75) is 19.4 Å². The van der Waals surface area contributed by atoms with Crippen LogP contribution in [-0.2, 0) is 16.0 Å². The predicted octanol–water partition coefficient (Wildman–Crippen LogP) is 8.44. The molecule has 0 radical (unpaired) electrons. The Balaban J connectivity index is 1.52. The maximum absolute atomic E-state index is 13.0. The summed E-state index contributed by atoms with van der Waals surface area (Å²) in [4.78, 5) is 18.3. The molecule has 2 N–H and O–H groups in total. The lowest BCUT2D eigenvalue weighted by Crippen LogP contribution is -2.12. The molecular weight excluding hydrogens is 766 g/mol. The minimum absolute atomic E-state index is 0.0772. The average molecular weight is 808 g/mol. The van der Waals surface area contributed by atoms with Crippen LogP contribution in [0.15, 0.2) is 93.9 Å². The Labute approximate surface area is 309 Å². The van der Waals surface area contributed by atoms with Gasteiger partial charge in [0.2, 0.25) is 5.75 Å². The van der Waals surface area contributed by atoms with Gasteiger partial charge in [0.15, 0.2) is 17.3 Å². The summed E-state index contributed by atoms with van der Waals surface area (Å²) in [7, 11) is 4.79. The summed E-state index contributed by atoms with van der Waals surface area (Å²) in [6.45, 7) is 2.97. The fourth-order valence-electron chi connectivity index (χ4n) is 5.61. The van der Waals surface area contributed by atoms with E-state index >= 15 is 0 Å². The number of carbonyl (C=O) groups is 1. The highest BCUT2D eigenvalue weighted by Gasteiger charge is 2.24. The van der Waals surface area contributed by atoms with Gasteiger partial charge in [-0.05, 0) is 48.4 Å². The molecule has 1 aromatic heterocycles. The standard InChI is InChI=1S/C39H41Br2N3O6/c1-46-34-23-30(24-35(47-2)38(34)48-3)39-43-36(28-10-14-31(40)15-11-28)37(29-12-16-32(41)17-13-29)44(39)25-26-6-8-27(9-7-26)33(45)5-4-19-49-21-22-50-20-18-42/h6-17,23-24H,4-5,18-22,25,42H2,1-3H3. The number of ether oxygens (including phenoxy) is 5. The molecule has 0 bridgehead atoms. The molecule has 1 heterocycles. The van der Waals surface area contributed by atoms with Crippen molar-refractivity contribution in [3.05, 3.63) is 105 Å². The molecule has 0 atom stereocenters. The minimum Gasteiger partial charge on any atom is -0.493 e. The van der Waals surface area contributed by atoms with Gasteiger partial charge in [-0.1, -0.05) is 80.4 Å². The number of ketones is 1. The van der Waals surface area contributed by atoms with Crippen LogP contribution >= 0.6 is 31.9 Å². The van der Waals surface area contributed by atoms with E-state index in [9.17, 15) is 4.79 Å². The number of nitrogens with zero attached hydrogens (tertiary/aromatic N) is 2. The van der Waals surface area contributed by atoms with E-state index in [0.29, 0.717) is 81.0 Å². The topological polar surface area (TPSA) is 107 Å². The first kappa shape index (κ1) is 37.3. The van der Waals surface area contributed by atoms with Crippen LogP contribution in [0, 0.1) is 0 Å². The monoisotopic (exact) mass is 805 g/mol. The zero-order chi connectivity index (χ0) is 35.5. The number of halogens is 2. The number of hydrogen-bond acceptors (Lipinski definition) is 8. The number of hydrogen-bond donors (Lipinski definition) is 1. The predicted molar refractivity (Wildman–Crippen MR) is 203 cm³/mol. The number of rotatable bonds is 18. The molecule has 0 spiro atoms. The summed E-state index contributed by atoms with van der Waals surface area (Å²) < 4.78 is 32.1. The molecule has 0 aliphatic carbocycles. The van der Waals surface area contributed by atoms with Gasteiger partial charge in [-0.3, -0.25) is 4.79 Å². The average Bonchev–Trinajstić information content (AvgIpc) is 3.51. The number of Topliss-reactive ketones (excluding diaryl/α,β-unsaturated/α-hetero) is 1. The van der Waals surface area contributed by atoms with Crippen molar-refractivity contribution >= 4 is 37.6 Å². The molecular formula is C39H41Br2N3O6. The Morgan fingerprint density at radius 3 is 1.86 bits per heavy atom. The van der Waals surface area contributed by atoms with Crippen molar-refractivity contribution in [3.63, 3.8) is 0 Å². The number of methoxy groups -OCH3 is 3. The smallest absolute Gasteiger partial charge is 0.203 e.